The first-order chi connectivity index (χ1) is 7.81. The van der Waals surface area contributed by atoms with Gasteiger partial charge in [0.05, 0.1) is 19.3 Å². The van der Waals surface area contributed by atoms with Gasteiger partial charge in [0, 0.05) is 30.4 Å². The monoisotopic (exact) mass is 219 g/mol. The molecule has 0 spiro atoms. The lowest BCUT2D eigenvalue weighted by Gasteiger charge is -2.11. The molecule has 0 aliphatic heterocycles. The minimum Gasteiger partial charge on any atom is -0.394 e. The Morgan fingerprint density at radius 2 is 2.00 bits per heavy atom. The van der Waals surface area contributed by atoms with E-state index in [4.69, 9.17) is 5.11 Å². The van der Waals surface area contributed by atoms with Crippen molar-refractivity contribution in [3.8, 4) is 11.4 Å². The van der Waals surface area contributed by atoms with E-state index < -0.39 is 6.10 Å². The highest BCUT2D eigenvalue weighted by atomic mass is 16.3. The first kappa shape index (κ1) is 10.8. The number of imidazole rings is 1. The molecule has 0 saturated carbocycles. The second-order valence-corrected chi connectivity index (χ2v) is 3.48. The van der Waals surface area contributed by atoms with E-state index in [-0.39, 0.29) is 6.61 Å². The van der Waals surface area contributed by atoms with Crippen molar-refractivity contribution in [2.75, 3.05) is 6.61 Å². The maximum Gasteiger partial charge on any atom is 0.140 e. The molecule has 2 heterocycles. The lowest BCUT2D eigenvalue weighted by Crippen LogP contribution is -2.19. The summed E-state index contributed by atoms with van der Waals surface area (Å²) in [5.74, 6) is 0.759. The highest BCUT2D eigenvalue weighted by Crippen LogP contribution is 2.16. The van der Waals surface area contributed by atoms with Gasteiger partial charge in [-0.1, -0.05) is 0 Å². The number of hydrogen-bond donors (Lipinski definition) is 2. The van der Waals surface area contributed by atoms with Crippen molar-refractivity contribution < 1.29 is 10.2 Å². The van der Waals surface area contributed by atoms with Crippen LogP contribution in [0.3, 0.4) is 0 Å². The lowest BCUT2D eigenvalue weighted by atomic mass is 10.2. The molecule has 0 aliphatic carbocycles. The fourth-order valence-corrected chi connectivity index (χ4v) is 1.50. The summed E-state index contributed by atoms with van der Waals surface area (Å²) in [4.78, 5) is 8.15. The van der Waals surface area contributed by atoms with Gasteiger partial charge in [-0.25, -0.2) is 4.98 Å². The molecule has 0 saturated heterocycles. The molecule has 5 nitrogen and oxygen atoms in total. The lowest BCUT2D eigenvalue weighted by molar-refractivity contribution is 0.0816. The smallest absolute Gasteiger partial charge is 0.140 e. The van der Waals surface area contributed by atoms with Gasteiger partial charge in [-0.15, -0.1) is 0 Å². The van der Waals surface area contributed by atoms with Gasteiger partial charge in [0.25, 0.3) is 0 Å². The number of nitrogens with zero attached hydrogens (tertiary/aromatic N) is 3. The fourth-order valence-electron chi connectivity index (χ4n) is 1.50. The van der Waals surface area contributed by atoms with Crippen LogP contribution in [0.4, 0.5) is 0 Å². The first-order valence-electron chi connectivity index (χ1n) is 5.01. The van der Waals surface area contributed by atoms with Crippen molar-refractivity contribution in [2.45, 2.75) is 12.6 Å². The van der Waals surface area contributed by atoms with E-state index in [0.29, 0.717) is 6.54 Å². The van der Waals surface area contributed by atoms with Crippen LogP contribution in [-0.2, 0) is 6.54 Å². The standard InChI is InChI=1S/C11H13N3O2/c15-8-10(16)7-14-6-5-13-11(14)9-1-3-12-4-2-9/h1-6,10,15-16H,7-8H2. The predicted octanol–water partition coefficient (Wildman–Crippen LogP) is 0.298. The van der Waals surface area contributed by atoms with Gasteiger partial charge in [0.15, 0.2) is 0 Å². The van der Waals surface area contributed by atoms with Crippen LogP contribution >= 0.6 is 0 Å². The Kier molecular flexibility index (Phi) is 3.28. The van der Waals surface area contributed by atoms with Crippen LogP contribution in [0.2, 0.25) is 0 Å². The predicted molar refractivity (Wildman–Crippen MR) is 58.6 cm³/mol. The molecule has 0 radical (unpaired) electrons. The van der Waals surface area contributed by atoms with Gasteiger partial charge in [0.1, 0.15) is 5.82 Å². The number of aromatic nitrogens is 3. The molecule has 2 aromatic rings. The number of aliphatic hydroxyl groups excluding tert-OH is 2. The summed E-state index contributed by atoms with van der Waals surface area (Å²) >= 11 is 0. The summed E-state index contributed by atoms with van der Waals surface area (Å²) in [6.07, 6.45) is 6.05. The molecule has 2 N–H and O–H groups in total. The zero-order chi connectivity index (χ0) is 11.4. The van der Waals surface area contributed by atoms with Gasteiger partial charge in [0.2, 0.25) is 0 Å². The molecule has 0 fully saturated rings. The quantitative estimate of drug-likeness (QED) is 0.775. The first-order valence-corrected chi connectivity index (χ1v) is 5.01. The highest BCUT2D eigenvalue weighted by molar-refractivity contribution is 5.54. The van der Waals surface area contributed by atoms with Crippen molar-refractivity contribution >= 4 is 0 Å². The number of aliphatic hydroxyl groups is 2. The molecular formula is C11H13N3O2. The summed E-state index contributed by atoms with van der Waals surface area (Å²) in [5, 5.41) is 18.2. The van der Waals surface area contributed by atoms with Crippen molar-refractivity contribution in [1.82, 2.24) is 14.5 Å². The van der Waals surface area contributed by atoms with Crippen LogP contribution in [-0.4, -0.2) is 37.5 Å². The SMILES string of the molecule is OCC(O)Cn1ccnc1-c1ccncc1. The van der Waals surface area contributed by atoms with E-state index in [1.807, 2.05) is 12.1 Å². The van der Waals surface area contributed by atoms with Crippen molar-refractivity contribution in [3.05, 3.63) is 36.9 Å². The Labute approximate surface area is 93.0 Å². The van der Waals surface area contributed by atoms with Gasteiger partial charge in [-0.05, 0) is 12.1 Å². The van der Waals surface area contributed by atoms with E-state index in [0.717, 1.165) is 11.4 Å². The minimum atomic E-state index is -0.769. The molecule has 1 atom stereocenters. The Hall–Kier alpha value is -1.72. The Morgan fingerprint density at radius 3 is 2.69 bits per heavy atom. The molecule has 5 heteroatoms. The average molecular weight is 219 g/mol. The van der Waals surface area contributed by atoms with Gasteiger partial charge in [-0.3, -0.25) is 4.98 Å². The van der Waals surface area contributed by atoms with Crippen LogP contribution in [0.25, 0.3) is 11.4 Å². The van der Waals surface area contributed by atoms with Gasteiger partial charge >= 0.3 is 0 Å². The molecule has 0 aliphatic rings. The van der Waals surface area contributed by atoms with Crippen LogP contribution in [0, 0.1) is 0 Å². The zero-order valence-electron chi connectivity index (χ0n) is 8.69. The topological polar surface area (TPSA) is 71.2 Å². The van der Waals surface area contributed by atoms with Crippen molar-refractivity contribution in [3.63, 3.8) is 0 Å². The second-order valence-electron chi connectivity index (χ2n) is 3.48. The van der Waals surface area contributed by atoms with Gasteiger partial charge < -0.3 is 14.8 Å². The summed E-state index contributed by atoms with van der Waals surface area (Å²) in [6.45, 7) is 0.0715. The minimum absolute atomic E-state index is 0.256. The van der Waals surface area contributed by atoms with Crippen molar-refractivity contribution in [1.29, 1.82) is 0 Å². The van der Waals surface area contributed by atoms with Crippen LogP contribution < -0.4 is 0 Å². The van der Waals surface area contributed by atoms with E-state index in [1.165, 1.54) is 0 Å². The number of pyridine rings is 1. The van der Waals surface area contributed by atoms with Crippen LogP contribution in [0.1, 0.15) is 0 Å². The molecule has 2 aromatic heterocycles. The molecule has 0 amide bonds. The molecule has 1 unspecified atom stereocenters. The molecule has 2 rings (SSSR count). The van der Waals surface area contributed by atoms with Crippen molar-refractivity contribution in [2.24, 2.45) is 0 Å². The summed E-state index contributed by atoms with van der Waals surface area (Å²) < 4.78 is 1.80. The molecule has 16 heavy (non-hydrogen) atoms. The summed E-state index contributed by atoms with van der Waals surface area (Å²) in [5.41, 5.74) is 0.935. The summed E-state index contributed by atoms with van der Waals surface area (Å²) in [7, 11) is 0. The van der Waals surface area contributed by atoms with E-state index in [2.05, 4.69) is 9.97 Å². The van der Waals surface area contributed by atoms with Gasteiger partial charge in [-0.2, -0.15) is 0 Å². The third kappa shape index (κ3) is 2.26. The Bertz CT molecular complexity index is 442. The maximum absolute atomic E-state index is 9.39. The zero-order valence-corrected chi connectivity index (χ0v) is 8.69. The Morgan fingerprint density at radius 1 is 1.25 bits per heavy atom. The maximum atomic E-state index is 9.39. The van der Waals surface area contributed by atoms with E-state index >= 15 is 0 Å². The average Bonchev–Trinajstić information content (AvgIpc) is 2.78. The number of hydrogen-bond acceptors (Lipinski definition) is 4. The van der Waals surface area contributed by atoms with E-state index in [9.17, 15) is 5.11 Å². The second kappa shape index (κ2) is 4.87. The van der Waals surface area contributed by atoms with E-state index in [1.54, 1.807) is 29.4 Å². The third-order valence-corrected chi connectivity index (χ3v) is 2.27. The fraction of sp³-hybridized carbons (Fsp3) is 0.273. The Balaban J connectivity index is 2.26. The largest absolute Gasteiger partial charge is 0.394 e. The third-order valence-electron chi connectivity index (χ3n) is 2.27. The number of rotatable bonds is 4. The molecule has 0 bridgehead atoms. The van der Waals surface area contributed by atoms with Crippen LogP contribution in [0.5, 0.6) is 0 Å². The summed E-state index contributed by atoms with van der Waals surface area (Å²) in [6, 6.07) is 3.70. The molecule has 0 aromatic carbocycles. The molecule has 84 valence electrons. The molecular weight excluding hydrogens is 206 g/mol. The normalized spacial score (nSPS) is 12.6. The van der Waals surface area contributed by atoms with Crippen LogP contribution in [0.15, 0.2) is 36.9 Å². The highest BCUT2D eigenvalue weighted by Gasteiger charge is 2.09.